The van der Waals surface area contributed by atoms with Gasteiger partial charge in [0.2, 0.25) is 0 Å². The monoisotopic (exact) mass is 446 g/mol. The van der Waals surface area contributed by atoms with Crippen molar-refractivity contribution in [1.29, 1.82) is 5.26 Å². The maximum Gasteiger partial charge on any atom is 0.259 e. The van der Waals surface area contributed by atoms with E-state index in [1.807, 2.05) is 32.0 Å². The molecule has 2 heterocycles. The number of ether oxygens (including phenoxy) is 2. The normalized spacial score (nSPS) is 11.6. The molecule has 0 atom stereocenters. The van der Waals surface area contributed by atoms with Crippen molar-refractivity contribution in [1.82, 2.24) is 15.0 Å². The van der Waals surface area contributed by atoms with E-state index in [9.17, 15) is 10.1 Å². The maximum absolute atomic E-state index is 12.7. The lowest BCUT2D eigenvalue weighted by Gasteiger charge is -2.10. The van der Waals surface area contributed by atoms with E-state index in [-0.39, 0.29) is 16.6 Å². The first-order valence-corrected chi connectivity index (χ1v) is 10.1. The number of allylic oxidation sites excluding steroid dienone is 1. The van der Waals surface area contributed by atoms with E-state index in [0.29, 0.717) is 28.0 Å². The summed E-state index contributed by atoms with van der Waals surface area (Å²) >= 11 is 6.43. The topological polar surface area (TPSA) is 101 Å². The second kappa shape index (κ2) is 8.33. The Morgan fingerprint density at radius 3 is 2.53 bits per heavy atom. The molecule has 2 aromatic heterocycles. The van der Waals surface area contributed by atoms with Gasteiger partial charge in [0.25, 0.3) is 5.56 Å². The van der Waals surface area contributed by atoms with Gasteiger partial charge >= 0.3 is 0 Å². The largest absolute Gasteiger partial charge is 0.493 e. The third-order valence-electron chi connectivity index (χ3n) is 5.38. The second-order valence-electron chi connectivity index (χ2n) is 7.26. The number of aromatic nitrogens is 3. The number of fused-ring (bicyclic) bond motifs is 2. The smallest absolute Gasteiger partial charge is 0.259 e. The molecule has 160 valence electrons. The molecule has 0 aliphatic heterocycles. The van der Waals surface area contributed by atoms with E-state index >= 15 is 0 Å². The number of nitrogens with zero attached hydrogens (tertiary/aromatic N) is 3. The molecule has 0 aliphatic carbocycles. The molecule has 0 bridgehead atoms. The van der Waals surface area contributed by atoms with Crippen LogP contribution in [0.3, 0.4) is 0 Å². The van der Waals surface area contributed by atoms with Crippen LogP contribution in [0.4, 0.5) is 0 Å². The van der Waals surface area contributed by atoms with E-state index in [1.165, 1.54) is 14.2 Å². The zero-order valence-corrected chi connectivity index (χ0v) is 18.7. The lowest BCUT2D eigenvalue weighted by molar-refractivity contribution is 0.355. The summed E-state index contributed by atoms with van der Waals surface area (Å²) in [6.45, 7) is 4.00. The summed E-state index contributed by atoms with van der Waals surface area (Å²) in [7, 11) is 2.98. The zero-order chi connectivity index (χ0) is 23.0. The molecule has 0 saturated heterocycles. The van der Waals surface area contributed by atoms with Gasteiger partial charge in [-0.05, 0) is 43.2 Å². The van der Waals surface area contributed by atoms with Crippen LogP contribution in [0.5, 0.6) is 11.5 Å². The highest BCUT2D eigenvalue weighted by atomic mass is 35.5. The number of rotatable bonds is 4. The number of H-pyrrole nitrogens is 1. The summed E-state index contributed by atoms with van der Waals surface area (Å²) < 4.78 is 10.5. The molecule has 0 unspecified atom stereocenters. The fraction of sp³-hybridized carbons (Fsp3) is 0.167. The van der Waals surface area contributed by atoms with Crippen LogP contribution in [0.2, 0.25) is 5.15 Å². The van der Waals surface area contributed by atoms with Crippen molar-refractivity contribution in [2.75, 3.05) is 14.2 Å². The van der Waals surface area contributed by atoms with Crippen LogP contribution >= 0.6 is 11.6 Å². The number of nitriles is 1. The Bertz CT molecular complexity index is 1520. The average molecular weight is 447 g/mol. The van der Waals surface area contributed by atoms with Crippen LogP contribution < -0.4 is 15.0 Å². The van der Waals surface area contributed by atoms with Gasteiger partial charge in [-0.25, -0.2) is 9.97 Å². The first-order chi connectivity index (χ1) is 15.4. The van der Waals surface area contributed by atoms with Gasteiger partial charge in [0.1, 0.15) is 11.2 Å². The van der Waals surface area contributed by atoms with Gasteiger partial charge in [-0.1, -0.05) is 23.7 Å². The van der Waals surface area contributed by atoms with Crippen LogP contribution in [0.1, 0.15) is 22.5 Å². The second-order valence-corrected chi connectivity index (χ2v) is 7.61. The van der Waals surface area contributed by atoms with E-state index in [1.54, 1.807) is 18.2 Å². The van der Waals surface area contributed by atoms with Crippen LogP contribution in [-0.2, 0) is 0 Å². The maximum atomic E-state index is 12.7. The molecule has 0 amide bonds. The van der Waals surface area contributed by atoms with Crippen molar-refractivity contribution < 1.29 is 9.47 Å². The van der Waals surface area contributed by atoms with Gasteiger partial charge in [-0.15, -0.1) is 0 Å². The summed E-state index contributed by atoms with van der Waals surface area (Å²) in [5.41, 5.74) is 3.64. The van der Waals surface area contributed by atoms with Crippen molar-refractivity contribution in [3.8, 4) is 17.6 Å². The number of aryl methyl sites for hydroxylation is 2. The molecule has 2 aromatic carbocycles. The van der Waals surface area contributed by atoms with E-state index in [2.05, 4.69) is 21.0 Å². The number of methoxy groups -OCH3 is 2. The molecule has 0 spiro atoms. The number of halogens is 1. The van der Waals surface area contributed by atoms with Crippen molar-refractivity contribution in [2.24, 2.45) is 0 Å². The minimum atomic E-state index is -0.402. The highest BCUT2D eigenvalue weighted by Crippen LogP contribution is 2.31. The molecule has 32 heavy (non-hydrogen) atoms. The number of pyridine rings is 1. The number of benzene rings is 2. The Balaban J connectivity index is 1.88. The highest BCUT2D eigenvalue weighted by molar-refractivity contribution is 6.31. The van der Waals surface area contributed by atoms with Gasteiger partial charge in [-0.3, -0.25) is 4.79 Å². The number of hydrogen-bond donors (Lipinski definition) is 1. The van der Waals surface area contributed by atoms with E-state index in [0.717, 1.165) is 22.0 Å². The summed E-state index contributed by atoms with van der Waals surface area (Å²) in [5.74, 6) is 0.961. The van der Waals surface area contributed by atoms with Crippen LogP contribution in [0, 0.1) is 25.2 Å². The fourth-order valence-electron chi connectivity index (χ4n) is 3.48. The molecule has 7 nitrogen and oxygen atoms in total. The van der Waals surface area contributed by atoms with Crippen LogP contribution in [0.15, 0.2) is 35.1 Å². The Labute approximate surface area is 188 Å². The average Bonchev–Trinajstić information content (AvgIpc) is 2.79. The zero-order valence-electron chi connectivity index (χ0n) is 17.9. The summed E-state index contributed by atoms with van der Waals surface area (Å²) in [5, 5.41) is 11.3. The van der Waals surface area contributed by atoms with Gasteiger partial charge in [0.15, 0.2) is 17.3 Å². The first kappa shape index (κ1) is 21.3. The van der Waals surface area contributed by atoms with Gasteiger partial charge in [0.05, 0.1) is 36.2 Å². The molecule has 0 saturated carbocycles. The standard InChI is InChI=1S/C24H19ClN4O3/c1-12-5-6-14-7-15(22(25)28-21(14)13(12)2)8-16(11-26)23-27-18-10-20(32-4)19(31-3)9-17(18)24(30)29-23/h5-10H,1-4H3,(H,27,29,30)/b16-8+. The number of nitrogens with one attached hydrogen (secondary N) is 1. The number of aromatic amines is 1. The third kappa shape index (κ3) is 3.66. The molecule has 1 N–H and O–H groups in total. The Morgan fingerprint density at radius 2 is 1.84 bits per heavy atom. The predicted molar refractivity (Wildman–Crippen MR) is 125 cm³/mol. The fourth-order valence-corrected chi connectivity index (χ4v) is 3.67. The molecular weight excluding hydrogens is 428 g/mol. The quantitative estimate of drug-likeness (QED) is 0.356. The molecule has 4 rings (SSSR count). The lowest BCUT2D eigenvalue weighted by atomic mass is 10.0. The van der Waals surface area contributed by atoms with Crippen LogP contribution in [-0.4, -0.2) is 29.2 Å². The molecule has 0 fully saturated rings. The van der Waals surface area contributed by atoms with Crippen molar-refractivity contribution in [2.45, 2.75) is 13.8 Å². The van der Waals surface area contributed by atoms with Crippen molar-refractivity contribution in [3.63, 3.8) is 0 Å². The Kier molecular flexibility index (Phi) is 5.56. The molecule has 8 heteroatoms. The van der Waals surface area contributed by atoms with Gasteiger partial charge < -0.3 is 14.5 Å². The molecule has 0 aliphatic rings. The molecule has 0 radical (unpaired) electrons. The SMILES string of the molecule is COc1cc2nc(/C(C#N)=C/c3cc4ccc(C)c(C)c4nc3Cl)[nH]c(=O)c2cc1OC. The van der Waals surface area contributed by atoms with Gasteiger partial charge in [-0.2, -0.15) is 5.26 Å². The Hall–Kier alpha value is -3.89. The lowest BCUT2D eigenvalue weighted by Crippen LogP contribution is -2.11. The van der Waals surface area contributed by atoms with Gasteiger partial charge in [0, 0.05) is 17.0 Å². The summed E-state index contributed by atoms with van der Waals surface area (Å²) in [6.07, 6.45) is 1.56. The van der Waals surface area contributed by atoms with Crippen molar-refractivity contribution in [3.05, 3.63) is 68.4 Å². The Morgan fingerprint density at radius 1 is 1.12 bits per heavy atom. The predicted octanol–water partition coefficient (Wildman–Crippen LogP) is 4.82. The third-order valence-corrected chi connectivity index (χ3v) is 5.68. The van der Waals surface area contributed by atoms with Crippen molar-refractivity contribution >= 4 is 45.1 Å². The minimum absolute atomic E-state index is 0.119. The van der Waals surface area contributed by atoms with Crippen LogP contribution in [0.25, 0.3) is 33.5 Å². The van der Waals surface area contributed by atoms with E-state index < -0.39 is 5.56 Å². The summed E-state index contributed by atoms with van der Waals surface area (Å²) in [6, 6.07) is 11.1. The molecular formula is C24H19ClN4O3. The number of hydrogen-bond acceptors (Lipinski definition) is 6. The van der Waals surface area contributed by atoms with E-state index in [4.69, 9.17) is 21.1 Å². The summed E-state index contributed by atoms with van der Waals surface area (Å²) in [4.78, 5) is 24.3. The minimum Gasteiger partial charge on any atom is -0.493 e. The first-order valence-electron chi connectivity index (χ1n) is 9.71. The molecule has 4 aromatic rings. The highest BCUT2D eigenvalue weighted by Gasteiger charge is 2.14.